The molecule has 0 bridgehead atoms. The minimum Gasteiger partial charge on any atom is -0.444 e. The highest BCUT2D eigenvalue weighted by Gasteiger charge is 2.42. The quantitative estimate of drug-likeness (QED) is 0.854. The SMILES string of the molecule is CC(=O)Nc1ccc2c(c1)C[C@@H]1[C@H]2CCCN1C(=O)OC(C)(C)C. The molecule has 0 spiro atoms. The van der Waals surface area contributed by atoms with E-state index in [2.05, 4.69) is 11.4 Å². The molecular weight excluding hydrogens is 304 g/mol. The summed E-state index contributed by atoms with van der Waals surface area (Å²) in [6, 6.07) is 6.26. The fraction of sp³-hybridized carbons (Fsp3) is 0.579. The van der Waals surface area contributed by atoms with Gasteiger partial charge in [0, 0.05) is 31.1 Å². The van der Waals surface area contributed by atoms with Gasteiger partial charge in [0.25, 0.3) is 0 Å². The predicted molar refractivity (Wildman–Crippen MR) is 93.2 cm³/mol. The lowest BCUT2D eigenvalue weighted by atomic mass is 9.89. The van der Waals surface area contributed by atoms with Crippen LogP contribution in [0, 0.1) is 0 Å². The number of rotatable bonds is 1. The van der Waals surface area contributed by atoms with Gasteiger partial charge >= 0.3 is 6.09 Å². The molecule has 130 valence electrons. The van der Waals surface area contributed by atoms with Gasteiger partial charge in [-0.15, -0.1) is 0 Å². The first kappa shape index (κ1) is 16.8. The largest absolute Gasteiger partial charge is 0.444 e. The normalized spacial score (nSPS) is 22.6. The number of fused-ring (bicyclic) bond motifs is 3. The molecule has 2 atom stereocenters. The lowest BCUT2D eigenvalue weighted by molar-refractivity contribution is -0.114. The summed E-state index contributed by atoms with van der Waals surface area (Å²) < 4.78 is 5.59. The van der Waals surface area contributed by atoms with Crippen molar-refractivity contribution in [3.8, 4) is 0 Å². The highest BCUT2D eigenvalue weighted by molar-refractivity contribution is 5.88. The molecule has 1 heterocycles. The van der Waals surface area contributed by atoms with Gasteiger partial charge in [-0.25, -0.2) is 4.79 Å². The van der Waals surface area contributed by atoms with E-state index in [0.29, 0.717) is 5.92 Å². The summed E-state index contributed by atoms with van der Waals surface area (Å²) in [5, 5.41) is 2.84. The van der Waals surface area contributed by atoms with Gasteiger partial charge in [-0.05, 0) is 63.3 Å². The van der Waals surface area contributed by atoms with Crippen LogP contribution in [-0.4, -0.2) is 35.1 Å². The molecule has 0 aromatic heterocycles. The van der Waals surface area contributed by atoms with E-state index in [9.17, 15) is 9.59 Å². The average Bonchev–Trinajstić information content (AvgIpc) is 2.82. The highest BCUT2D eigenvalue weighted by Crippen LogP contribution is 2.43. The Morgan fingerprint density at radius 2 is 2.04 bits per heavy atom. The molecule has 5 nitrogen and oxygen atoms in total. The van der Waals surface area contributed by atoms with Crippen molar-refractivity contribution in [2.75, 3.05) is 11.9 Å². The third-order valence-corrected chi connectivity index (χ3v) is 4.70. The lowest BCUT2D eigenvalue weighted by Gasteiger charge is -2.38. The van der Waals surface area contributed by atoms with Gasteiger partial charge in [0.1, 0.15) is 5.60 Å². The zero-order valence-corrected chi connectivity index (χ0v) is 14.9. The van der Waals surface area contributed by atoms with Crippen LogP contribution in [0.5, 0.6) is 0 Å². The maximum atomic E-state index is 12.6. The van der Waals surface area contributed by atoms with Gasteiger partial charge < -0.3 is 15.0 Å². The summed E-state index contributed by atoms with van der Waals surface area (Å²) in [4.78, 5) is 25.7. The monoisotopic (exact) mass is 330 g/mol. The molecule has 1 aliphatic carbocycles. The molecule has 5 heteroatoms. The van der Waals surface area contributed by atoms with Crippen LogP contribution in [0.4, 0.5) is 10.5 Å². The number of hydrogen-bond donors (Lipinski definition) is 1. The van der Waals surface area contributed by atoms with Crippen molar-refractivity contribution in [1.82, 2.24) is 4.90 Å². The highest BCUT2D eigenvalue weighted by atomic mass is 16.6. The van der Waals surface area contributed by atoms with E-state index in [1.807, 2.05) is 37.8 Å². The van der Waals surface area contributed by atoms with Gasteiger partial charge in [0.05, 0.1) is 0 Å². The van der Waals surface area contributed by atoms with E-state index in [4.69, 9.17) is 4.74 Å². The second kappa shape index (κ2) is 6.11. The van der Waals surface area contributed by atoms with Gasteiger partial charge in [-0.3, -0.25) is 4.79 Å². The van der Waals surface area contributed by atoms with Gasteiger partial charge in [-0.1, -0.05) is 6.07 Å². The standard InChI is InChI=1S/C19H26N2O3/c1-12(22)20-14-7-8-15-13(10-14)11-17-16(15)6-5-9-21(17)18(23)24-19(2,3)4/h7-8,10,16-17H,5-6,9,11H2,1-4H3,(H,20,22)/t16-,17+/m0/s1. The molecule has 1 fully saturated rings. The molecule has 1 aromatic carbocycles. The zero-order valence-electron chi connectivity index (χ0n) is 14.9. The Morgan fingerprint density at radius 3 is 2.71 bits per heavy atom. The first-order chi connectivity index (χ1) is 11.2. The third kappa shape index (κ3) is 3.40. The van der Waals surface area contributed by atoms with Crippen LogP contribution in [-0.2, 0) is 16.0 Å². The smallest absolute Gasteiger partial charge is 0.410 e. The van der Waals surface area contributed by atoms with Gasteiger partial charge in [-0.2, -0.15) is 0 Å². The second-order valence-corrected chi connectivity index (χ2v) is 7.79. The van der Waals surface area contributed by atoms with Crippen molar-refractivity contribution >= 4 is 17.7 Å². The summed E-state index contributed by atoms with van der Waals surface area (Å²) >= 11 is 0. The summed E-state index contributed by atoms with van der Waals surface area (Å²) in [6.45, 7) is 7.96. The number of hydrogen-bond acceptors (Lipinski definition) is 3. The zero-order chi connectivity index (χ0) is 17.5. The summed E-state index contributed by atoms with van der Waals surface area (Å²) in [5.74, 6) is 0.299. The Labute approximate surface area is 143 Å². The molecule has 1 saturated heterocycles. The molecule has 2 amide bonds. The fourth-order valence-electron chi connectivity index (χ4n) is 3.87. The number of anilines is 1. The minimum absolute atomic E-state index is 0.0688. The van der Waals surface area contributed by atoms with Crippen molar-refractivity contribution in [2.45, 2.75) is 64.5 Å². The molecule has 1 N–H and O–H groups in total. The first-order valence-corrected chi connectivity index (χ1v) is 8.64. The van der Waals surface area contributed by atoms with Crippen molar-refractivity contribution in [3.63, 3.8) is 0 Å². The molecule has 1 aromatic rings. The molecule has 0 unspecified atom stereocenters. The van der Waals surface area contributed by atoms with Gasteiger partial charge in [0.15, 0.2) is 0 Å². The van der Waals surface area contributed by atoms with Crippen molar-refractivity contribution in [1.29, 1.82) is 0 Å². The number of ether oxygens (including phenoxy) is 1. The number of benzene rings is 1. The molecule has 1 aliphatic heterocycles. The van der Waals surface area contributed by atoms with E-state index in [1.165, 1.54) is 18.1 Å². The Balaban J connectivity index is 1.81. The maximum Gasteiger partial charge on any atom is 0.410 e. The fourth-order valence-corrected chi connectivity index (χ4v) is 3.87. The van der Waals surface area contributed by atoms with E-state index in [-0.39, 0.29) is 18.0 Å². The Kier molecular flexibility index (Phi) is 4.28. The summed E-state index contributed by atoms with van der Waals surface area (Å²) in [6.07, 6.45) is 2.70. The average molecular weight is 330 g/mol. The lowest BCUT2D eigenvalue weighted by Crippen LogP contribution is -2.48. The molecule has 3 rings (SSSR count). The third-order valence-electron chi connectivity index (χ3n) is 4.70. The topological polar surface area (TPSA) is 58.6 Å². The summed E-state index contributed by atoms with van der Waals surface area (Å²) in [7, 11) is 0. The second-order valence-electron chi connectivity index (χ2n) is 7.79. The number of nitrogens with zero attached hydrogens (tertiary/aromatic N) is 1. The Bertz CT molecular complexity index is 663. The molecule has 2 aliphatic rings. The number of piperidine rings is 1. The van der Waals surface area contributed by atoms with E-state index >= 15 is 0 Å². The molecular formula is C19H26N2O3. The van der Waals surface area contributed by atoms with Crippen LogP contribution >= 0.6 is 0 Å². The molecule has 0 saturated carbocycles. The van der Waals surface area contributed by atoms with Crippen LogP contribution in [0.1, 0.15) is 57.6 Å². The van der Waals surface area contributed by atoms with Crippen LogP contribution in [0.25, 0.3) is 0 Å². The summed E-state index contributed by atoms with van der Waals surface area (Å²) in [5.41, 5.74) is 2.88. The van der Waals surface area contributed by atoms with Crippen LogP contribution in [0.2, 0.25) is 0 Å². The van der Waals surface area contributed by atoms with Crippen molar-refractivity contribution in [2.24, 2.45) is 0 Å². The van der Waals surface area contributed by atoms with Crippen LogP contribution < -0.4 is 5.32 Å². The van der Waals surface area contributed by atoms with Crippen molar-refractivity contribution < 1.29 is 14.3 Å². The number of carbonyl (C=O) groups excluding carboxylic acids is 2. The number of nitrogens with one attached hydrogen (secondary N) is 1. The van der Waals surface area contributed by atoms with E-state index in [1.54, 1.807) is 0 Å². The minimum atomic E-state index is -0.478. The predicted octanol–water partition coefficient (Wildman–Crippen LogP) is 3.68. The Hall–Kier alpha value is -2.04. The van der Waals surface area contributed by atoms with Crippen LogP contribution in [0.15, 0.2) is 18.2 Å². The number of carbonyl (C=O) groups is 2. The molecule has 24 heavy (non-hydrogen) atoms. The number of amides is 2. The maximum absolute atomic E-state index is 12.6. The van der Waals surface area contributed by atoms with E-state index in [0.717, 1.165) is 31.5 Å². The van der Waals surface area contributed by atoms with E-state index < -0.39 is 5.60 Å². The van der Waals surface area contributed by atoms with Gasteiger partial charge in [0.2, 0.25) is 5.91 Å². The molecule has 0 radical (unpaired) electrons. The number of likely N-dealkylation sites (tertiary alicyclic amines) is 1. The Morgan fingerprint density at radius 1 is 1.29 bits per heavy atom. The van der Waals surface area contributed by atoms with Crippen molar-refractivity contribution in [3.05, 3.63) is 29.3 Å². The first-order valence-electron chi connectivity index (χ1n) is 8.64. The van der Waals surface area contributed by atoms with Crippen LogP contribution in [0.3, 0.4) is 0 Å².